The molecule has 0 unspecified atom stereocenters. The summed E-state index contributed by atoms with van der Waals surface area (Å²) in [4.78, 5) is 26.7. The van der Waals surface area contributed by atoms with E-state index in [0.29, 0.717) is 39.5 Å². The van der Waals surface area contributed by atoms with Crippen molar-refractivity contribution in [3.8, 4) is 11.5 Å². The Morgan fingerprint density at radius 2 is 1.53 bits per heavy atom. The number of amides is 2. The number of nitrogens with zero attached hydrogens (tertiary/aromatic N) is 1. The molecule has 0 spiro atoms. The molecule has 0 aromatic heterocycles. The minimum Gasteiger partial charge on any atom is -0.495 e. The molecule has 0 saturated carbocycles. The van der Waals surface area contributed by atoms with Crippen molar-refractivity contribution in [2.45, 2.75) is 13.8 Å². The smallest absolute Gasteiger partial charge is 0.238 e. The van der Waals surface area contributed by atoms with Gasteiger partial charge in [0, 0.05) is 22.8 Å². The highest BCUT2D eigenvalue weighted by Gasteiger charge is 2.17. The fourth-order valence-corrected chi connectivity index (χ4v) is 3.16. The Bertz CT molecular complexity index is 921. The first kappa shape index (κ1) is 23.8. The Kier molecular flexibility index (Phi) is 8.77. The number of ether oxygens (including phenoxy) is 2. The van der Waals surface area contributed by atoms with Crippen molar-refractivity contribution >= 4 is 46.4 Å². The molecule has 0 aliphatic carbocycles. The summed E-state index contributed by atoms with van der Waals surface area (Å²) in [7, 11) is 2.96. The summed E-state index contributed by atoms with van der Waals surface area (Å²) >= 11 is 12.1. The summed E-state index contributed by atoms with van der Waals surface area (Å²) in [6, 6.07) is 8.43. The van der Waals surface area contributed by atoms with Crippen LogP contribution >= 0.6 is 23.2 Å². The lowest BCUT2D eigenvalue weighted by atomic mass is 10.2. The first-order valence-electron chi connectivity index (χ1n) is 9.27. The average Bonchev–Trinajstić information content (AvgIpc) is 2.71. The van der Waals surface area contributed by atoms with Crippen molar-refractivity contribution in [3.05, 3.63) is 45.9 Å². The van der Waals surface area contributed by atoms with Gasteiger partial charge in [-0.15, -0.1) is 0 Å². The molecule has 0 aliphatic heterocycles. The van der Waals surface area contributed by atoms with Crippen molar-refractivity contribution in [2.24, 2.45) is 0 Å². The maximum atomic E-state index is 12.5. The van der Waals surface area contributed by atoms with Gasteiger partial charge in [-0.05, 0) is 31.2 Å². The molecule has 0 radical (unpaired) electrons. The molecule has 30 heavy (non-hydrogen) atoms. The van der Waals surface area contributed by atoms with E-state index in [1.807, 2.05) is 19.9 Å². The average molecular weight is 454 g/mol. The molecule has 0 heterocycles. The summed E-state index contributed by atoms with van der Waals surface area (Å²) < 4.78 is 10.5. The number of rotatable bonds is 9. The molecule has 7 nitrogen and oxygen atoms in total. The predicted octanol–water partition coefficient (Wildman–Crippen LogP) is 4.22. The second kappa shape index (κ2) is 11.1. The second-order valence-electron chi connectivity index (χ2n) is 6.55. The van der Waals surface area contributed by atoms with Gasteiger partial charge in [0.15, 0.2) is 0 Å². The van der Waals surface area contributed by atoms with Gasteiger partial charge < -0.3 is 20.1 Å². The second-order valence-corrected chi connectivity index (χ2v) is 7.39. The molecule has 0 fully saturated rings. The Hall–Kier alpha value is -2.48. The molecule has 0 saturated heterocycles. The standard InChI is InChI=1S/C21H25Cl2N3O4/c1-5-26(11-20(27)24-16-8-14(22)7-6-13(16)2)12-21(28)25-17-10-18(29-3)15(23)9-19(17)30-4/h6-10H,5,11-12H2,1-4H3,(H,24,27)(H,25,28). The van der Waals surface area contributed by atoms with Gasteiger partial charge in [0.25, 0.3) is 0 Å². The lowest BCUT2D eigenvalue weighted by molar-refractivity contribution is -0.119. The number of nitrogens with one attached hydrogen (secondary N) is 2. The maximum Gasteiger partial charge on any atom is 0.238 e. The van der Waals surface area contributed by atoms with Gasteiger partial charge in [0.05, 0.1) is 38.0 Å². The predicted molar refractivity (Wildman–Crippen MR) is 120 cm³/mol. The number of carbonyl (C=O) groups excluding carboxylic acids is 2. The number of hydrogen-bond acceptors (Lipinski definition) is 5. The topological polar surface area (TPSA) is 79.9 Å². The van der Waals surface area contributed by atoms with Crippen molar-refractivity contribution in [2.75, 3.05) is 44.5 Å². The van der Waals surface area contributed by atoms with E-state index >= 15 is 0 Å². The van der Waals surface area contributed by atoms with E-state index < -0.39 is 0 Å². The van der Waals surface area contributed by atoms with Crippen LogP contribution in [0.3, 0.4) is 0 Å². The van der Waals surface area contributed by atoms with Crippen molar-refractivity contribution in [1.29, 1.82) is 0 Å². The highest BCUT2D eigenvalue weighted by atomic mass is 35.5. The van der Waals surface area contributed by atoms with E-state index in [2.05, 4.69) is 10.6 Å². The monoisotopic (exact) mass is 453 g/mol. The zero-order chi connectivity index (χ0) is 22.3. The molecule has 0 atom stereocenters. The summed E-state index contributed by atoms with van der Waals surface area (Å²) in [5.74, 6) is 0.287. The lowest BCUT2D eigenvalue weighted by Crippen LogP contribution is -2.38. The minimum absolute atomic E-state index is 0.0204. The van der Waals surface area contributed by atoms with E-state index in [1.165, 1.54) is 14.2 Å². The largest absolute Gasteiger partial charge is 0.495 e. The summed E-state index contributed by atoms with van der Waals surface area (Å²) in [6.07, 6.45) is 0. The Morgan fingerprint density at radius 3 is 2.10 bits per heavy atom. The number of halogens is 2. The maximum absolute atomic E-state index is 12.5. The van der Waals surface area contributed by atoms with Gasteiger partial charge in [-0.25, -0.2) is 0 Å². The van der Waals surface area contributed by atoms with E-state index in [0.717, 1.165) is 5.56 Å². The van der Waals surface area contributed by atoms with Crippen LogP contribution in [0.2, 0.25) is 10.0 Å². The van der Waals surface area contributed by atoms with Crippen molar-refractivity contribution in [3.63, 3.8) is 0 Å². The number of hydrogen-bond donors (Lipinski definition) is 2. The molecule has 162 valence electrons. The fourth-order valence-electron chi connectivity index (χ4n) is 2.75. The van der Waals surface area contributed by atoms with Crippen LogP contribution in [0.1, 0.15) is 12.5 Å². The highest BCUT2D eigenvalue weighted by Crippen LogP contribution is 2.35. The van der Waals surface area contributed by atoms with Gasteiger partial charge in [-0.1, -0.05) is 36.2 Å². The molecule has 2 rings (SSSR count). The fraction of sp³-hybridized carbons (Fsp3) is 0.333. The molecule has 2 amide bonds. The molecular formula is C21H25Cl2N3O4. The quantitative estimate of drug-likeness (QED) is 0.593. The number of carbonyl (C=O) groups is 2. The number of anilines is 2. The van der Waals surface area contributed by atoms with Crippen LogP contribution in [-0.4, -0.2) is 50.6 Å². The molecule has 9 heteroatoms. The van der Waals surface area contributed by atoms with Crippen molar-refractivity contribution < 1.29 is 19.1 Å². The van der Waals surface area contributed by atoms with Gasteiger partial charge in [0.1, 0.15) is 11.5 Å². The van der Waals surface area contributed by atoms with Gasteiger partial charge in [-0.3, -0.25) is 14.5 Å². The first-order chi connectivity index (χ1) is 14.3. The van der Waals surface area contributed by atoms with Gasteiger partial charge in [0.2, 0.25) is 11.8 Å². The van der Waals surface area contributed by atoms with Crippen molar-refractivity contribution in [1.82, 2.24) is 4.90 Å². The molecule has 2 aromatic rings. The van der Waals surface area contributed by atoms with Gasteiger partial charge >= 0.3 is 0 Å². The molecule has 0 bridgehead atoms. The molecule has 2 aromatic carbocycles. The Balaban J connectivity index is 2.01. The molecule has 0 aliphatic rings. The third-order valence-electron chi connectivity index (χ3n) is 4.40. The van der Waals surface area contributed by atoms with Crippen LogP contribution in [0, 0.1) is 6.92 Å². The van der Waals surface area contributed by atoms with E-state index in [4.69, 9.17) is 32.7 Å². The summed E-state index contributed by atoms with van der Waals surface area (Å²) in [6.45, 7) is 4.34. The number of aryl methyl sites for hydroxylation is 1. The third-order valence-corrected chi connectivity index (χ3v) is 4.93. The van der Waals surface area contributed by atoms with E-state index in [9.17, 15) is 9.59 Å². The minimum atomic E-state index is -0.300. The zero-order valence-electron chi connectivity index (χ0n) is 17.3. The van der Waals surface area contributed by atoms with Gasteiger partial charge in [-0.2, -0.15) is 0 Å². The van der Waals surface area contributed by atoms with E-state index in [1.54, 1.807) is 29.2 Å². The molecular weight excluding hydrogens is 429 g/mol. The first-order valence-corrected chi connectivity index (χ1v) is 10.0. The Labute approximate surface area is 186 Å². The number of likely N-dealkylation sites (N-methyl/N-ethyl adjacent to an activating group) is 1. The van der Waals surface area contributed by atoms with Crippen LogP contribution in [0.25, 0.3) is 0 Å². The lowest BCUT2D eigenvalue weighted by Gasteiger charge is -2.20. The molecule has 2 N–H and O–H groups in total. The van der Waals surface area contributed by atoms with E-state index in [-0.39, 0.29) is 24.9 Å². The Morgan fingerprint density at radius 1 is 0.933 bits per heavy atom. The SMILES string of the molecule is CCN(CC(=O)Nc1cc(Cl)ccc1C)CC(=O)Nc1cc(OC)c(Cl)cc1OC. The summed E-state index contributed by atoms with van der Waals surface area (Å²) in [5, 5.41) is 6.51. The van der Waals surface area contributed by atoms with Crippen LogP contribution in [0.15, 0.2) is 30.3 Å². The normalized spacial score (nSPS) is 10.6. The zero-order valence-corrected chi connectivity index (χ0v) is 18.9. The summed E-state index contributed by atoms with van der Waals surface area (Å²) in [5.41, 5.74) is 1.97. The van der Waals surface area contributed by atoms with Crippen LogP contribution < -0.4 is 20.1 Å². The third kappa shape index (κ3) is 6.52. The van der Waals surface area contributed by atoms with Crippen LogP contribution in [-0.2, 0) is 9.59 Å². The van der Waals surface area contributed by atoms with Crippen LogP contribution in [0.5, 0.6) is 11.5 Å². The number of benzene rings is 2. The highest BCUT2D eigenvalue weighted by molar-refractivity contribution is 6.32. The number of methoxy groups -OCH3 is 2. The van der Waals surface area contributed by atoms with Crippen LogP contribution in [0.4, 0.5) is 11.4 Å².